The van der Waals surface area contributed by atoms with Crippen molar-refractivity contribution in [2.75, 3.05) is 12.4 Å². The van der Waals surface area contributed by atoms with Gasteiger partial charge in [-0.1, -0.05) is 20.8 Å². The summed E-state index contributed by atoms with van der Waals surface area (Å²) in [5.41, 5.74) is 1.62. The summed E-state index contributed by atoms with van der Waals surface area (Å²) >= 11 is 0. The van der Waals surface area contributed by atoms with Gasteiger partial charge >= 0.3 is 5.97 Å². The van der Waals surface area contributed by atoms with E-state index in [9.17, 15) is 4.79 Å². The summed E-state index contributed by atoms with van der Waals surface area (Å²) in [5.74, 6) is 0.285. The Morgan fingerprint density at radius 1 is 1.29 bits per heavy atom. The minimum atomic E-state index is -0.299. The summed E-state index contributed by atoms with van der Waals surface area (Å²) < 4.78 is 4.66. The van der Waals surface area contributed by atoms with Crippen molar-refractivity contribution >= 4 is 11.7 Å². The van der Waals surface area contributed by atoms with Gasteiger partial charge in [-0.15, -0.1) is 0 Å². The Labute approximate surface area is 103 Å². The molecule has 0 amide bonds. The molecule has 0 aliphatic rings. The van der Waals surface area contributed by atoms with Crippen LogP contribution in [0.5, 0.6) is 0 Å². The van der Waals surface area contributed by atoms with E-state index < -0.39 is 0 Å². The Morgan fingerprint density at radius 2 is 1.88 bits per heavy atom. The summed E-state index contributed by atoms with van der Waals surface area (Å²) in [6.07, 6.45) is 1.08. The predicted octanol–water partition coefficient (Wildman–Crippen LogP) is 3.32. The Hall–Kier alpha value is -1.51. The van der Waals surface area contributed by atoms with Crippen molar-refractivity contribution in [3.05, 3.63) is 29.8 Å². The zero-order valence-electron chi connectivity index (χ0n) is 11.0. The molecule has 0 aromatic heterocycles. The van der Waals surface area contributed by atoms with Gasteiger partial charge < -0.3 is 10.1 Å². The summed E-state index contributed by atoms with van der Waals surface area (Å²) in [7, 11) is 1.39. The van der Waals surface area contributed by atoms with Crippen molar-refractivity contribution in [1.82, 2.24) is 0 Å². The van der Waals surface area contributed by atoms with E-state index in [4.69, 9.17) is 0 Å². The van der Waals surface area contributed by atoms with Crippen LogP contribution in [0.3, 0.4) is 0 Å². The fraction of sp³-hybridized carbons (Fsp3) is 0.500. The molecule has 0 aliphatic carbocycles. The van der Waals surface area contributed by atoms with Gasteiger partial charge in [-0.2, -0.15) is 0 Å². The van der Waals surface area contributed by atoms with Crippen LogP contribution in [0.4, 0.5) is 5.69 Å². The van der Waals surface area contributed by atoms with Crippen molar-refractivity contribution < 1.29 is 9.53 Å². The number of anilines is 1. The number of benzene rings is 1. The number of carbonyl (C=O) groups excluding carboxylic acids is 1. The number of esters is 1. The molecule has 1 N–H and O–H groups in total. The van der Waals surface area contributed by atoms with Crippen LogP contribution in [0.25, 0.3) is 0 Å². The van der Waals surface area contributed by atoms with Crippen LogP contribution >= 0.6 is 0 Å². The summed E-state index contributed by atoms with van der Waals surface area (Å²) in [4.78, 5) is 11.3. The highest BCUT2D eigenvalue weighted by Gasteiger charge is 2.11. The molecule has 0 heterocycles. The van der Waals surface area contributed by atoms with Crippen LogP contribution in [0.1, 0.15) is 37.6 Å². The van der Waals surface area contributed by atoms with E-state index in [-0.39, 0.29) is 5.97 Å². The first-order chi connectivity index (χ1) is 8.08. The second-order valence-electron chi connectivity index (χ2n) is 4.47. The van der Waals surface area contributed by atoms with E-state index in [1.54, 1.807) is 12.1 Å². The molecule has 94 valence electrons. The molecule has 0 bridgehead atoms. The van der Waals surface area contributed by atoms with Crippen molar-refractivity contribution in [1.29, 1.82) is 0 Å². The van der Waals surface area contributed by atoms with Gasteiger partial charge in [0.1, 0.15) is 0 Å². The smallest absolute Gasteiger partial charge is 0.337 e. The highest BCUT2D eigenvalue weighted by molar-refractivity contribution is 5.89. The molecular weight excluding hydrogens is 214 g/mol. The maximum atomic E-state index is 11.3. The normalized spacial score (nSPS) is 12.3. The van der Waals surface area contributed by atoms with Crippen molar-refractivity contribution in [3.63, 3.8) is 0 Å². The minimum absolute atomic E-state index is 0.299. The fourth-order valence-corrected chi connectivity index (χ4v) is 1.77. The molecule has 0 saturated heterocycles. The number of methoxy groups -OCH3 is 1. The van der Waals surface area contributed by atoms with Crippen LogP contribution in [-0.4, -0.2) is 19.1 Å². The molecule has 0 saturated carbocycles. The highest BCUT2D eigenvalue weighted by Crippen LogP contribution is 2.16. The Morgan fingerprint density at radius 3 is 2.29 bits per heavy atom. The minimum Gasteiger partial charge on any atom is -0.465 e. The lowest BCUT2D eigenvalue weighted by Gasteiger charge is -2.22. The lowest BCUT2D eigenvalue weighted by Crippen LogP contribution is -2.24. The van der Waals surface area contributed by atoms with Crippen LogP contribution < -0.4 is 5.32 Å². The molecule has 1 aromatic carbocycles. The zero-order chi connectivity index (χ0) is 12.8. The Balaban J connectivity index is 2.71. The van der Waals surface area contributed by atoms with Gasteiger partial charge in [-0.25, -0.2) is 4.79 Å². The summed E-state index contributed by atoms with van der Waals surface area (Å²) in [6.45, 7) is 6.56. The zero-order valence-corrected chi connectivity index (χ0v) is 11.0. The number of hydrogen-bond donors (Lipinski definition) is 1. The first-order valence-corrected chi connectivity index (χ1v) is 6.03. The molecule has 1 rings (SSSR count). The van der Waals surface area contributed by atoms with Crippen LogP contribution in [0.15, 0.2) is 24.3 Å². The highest BCUT2D eigenvalue weighted by atomic mass is 16.5. The fourth-order valence-electron chi connectivity index (χ4n) is 1.77. The molecule has 3 nitrogen and oxygen atoms in total. The maximum absolute atomic E-state index is 11.3. The van der Waals surface area contributed by atoms with E-state index in [1.807, 2.05) is 12.1 Å². The molecule has 3 heteroatoms. The number of ether oxygens (including phenoxy) is 1. The Kier molecular flexibility index (Phi) is 5.01. The van der Waals surface area contributed by atoms with E-state index in [2.05, 4.69) is 30.8 Å². The monoisotopic (exact) mass is 235 g/mol. The number of hydrogen-bond acceptors (Lipinski definition) is 3. The standard InChI is InChI=1S/C14H21NO2/c1-5-13(10(2)3)15-12-8-6-11(7-9-12)14(16)17-4/h6-10,13,15H,5H2,1-4H3. The third-order valence-electron chi connectivity index (χ3n) is 2.90. The van der Waals surface area contributed by atoms with Crippen molar-refractivity contribution in [3.8, 4) is 0 Å². The third kappa shape index (κ3) is 3.77. The largest absolute Gasteiger partial charge is 0.465 e. The lowest BCUT2D eigenvalue weighted by atomic mass is 10.0. The number of carbonyl (C=O) groups is 1. The molecule has 1 aromatic rings. The van der Waals surface area contributed by atoms with E-state index in [0.29, 0.717) is 17.5 Å². The van der Waals surface area contributed by atoms with Crippen LogP contribution in [0.2, 0.25) is 0 Å². The molecule has 0 spiro atoms. The predicted molar refractivity (Wildman–Crippen MR) is 70.3 cm³/mol. The van der Waals surface area contributed by atoms with Gasteiger partial charge in [0, 0.05) is 11.7 Å². The summed E-state index contributed by atoms with van der Waals surface area (Å²) in [5, 5.41) is 3.46. The van der Waals surface area contributed by atoms with Crippen molar-refractivity contribution in [2.24, 2.45) is 5.92 Å². The number of nitrogens with one attached hydrogen (secondary N) is 1. The van der Waals surface area contributed by atoms with Crippen molar-refractivity contribution in [2.45, 2.75) is 33.2 Å². The van der Waals surface area contributed by atoms with E-state index in [0.717, 1.165) is 12.1 Å². The quantitative estimate of drug-likeness (QED) is 0.796. The average molecular weight is 235 g/mol. The summed E-state index contributed by atoms with van der Waals surface area (Å²) in [6, 6.07) is 7.84. The van der Waals surface area contributed by atoms with Gasteiger partial charge in [0.2, 0.25) is 0 Å². The first kappa shape index (κ1) is 13.6. The SMILES string of the molecule is CCC(Nc1ccc(C(=O)OC)cc1)C(C)C. The van der Waals surface area contributed by atoms with Gasteiger partial charge in [0.15, 0.2) is 0 Å². The molecule has 0 radical (unpaired) electrons. The topological polar surface area (TPSA) is 38.3 Å². The molecule has 1 atom stereocenters. The average Bonchev–Trinajstić information content (AvgIpc) is 2.35. The van der Waals surface area contributed by atoms with Crippen LogP contribution in [0, 0.1) is 5.92 Å². The molecule has 1 unspecified atom stereocenters. The molecule has 0 aliphatic heterocycles. The second kappa shape index (κ2) is 6.28. The molecule has 0 fully saturated rings. The van der Waals surface area contributed by atoms with Gasteiger partial charge in [-0.05, 0) is 36.6 Å². The Bertz CT molecular complexity index is 357. The van der Waals surface area contributed by atoms with Crippen LogP contribution in [-0.2, 0) is 4.74 Å². The maximum Gasteiger partial charge on any atom is 0.337 e. The van der Waals surface area contributed by atoms with E-state index >= 15 is 0 Å². The van der Waals surface area contributed by atoms with Gasteiger partial charge in [-0.3, -0.25) is 0 Å². The number of rotatable bonds is 5. The van der Waals surface area contributed by atoms with Gasteiger partial charge in [0.05, 0.1) is 12.7 Å². The first-order valence-electron chi connectivity index (χ1n) is 6.03. The lowest BCUT2D eigenvalue weighted by molar-refractivity contribution is 0.0601. The second-order valence-corrected chi connectivity index (χ2v) is 4.47. The molecular formula is C14H21NO2. The van der Waals surface area contributed by atoms with E-state index in [1.165, 1.54) is 7.11 Å². The van der Waals surface area contributed by atoms with Gasteiger partial charge in [0.25, 0.3) is 0 Å². The molecule has 17 heavy (non-hydrogen) atoms. The third-order valence-corrected chi connectivity index (χ3v) is 2.90.